The summed E-state index contributed by atoms with van der Waals surface area (Å²) in [6.07, 6.45) is 5.80. The molecule has 0 saturated heterocycles. The highest BCUT2D eigenvalue weighted by Gasteiger charge is 1.93. The van der Waals surface area contributed by atoms with E-state index in [1.165, 1.54) is 15.7 Å². The number of aromatic nitrogens is 1. The van der Waals surface area contributed by atoms with Crippen molar-refractivity contribution in [1.29, 1.82) is 0 Å². The molecular formula is C10H9NS. The van der Waals surface area contributed by atoms with Crippen LogP contribution in [0.3, 0.4) is 0 Å². The molecule has 0 radical (unpaired) electrons. The van der Waals surface area contributed by atoms with Gasteiger partial charge in [0.05, 0.1) is 0 Å². The molecule has 0 atom stereocenters. The van der Waals surface area contributed by atoms with Crippen molar-refractivity contribution in [3.63, 3.8) is 0 Å². The third-order valence-corrected chi connectivity index (χ3v) is 2.57. The van der Waals surface area contributed by atoms with Crippen molar-refractivity contribution in [2.24, 2.45) is 0 Å². The van der Waals surface area contributed by atoms with Gasteiger partial charge >= 0.3 is 0 Å². The van der Waals surface area contributed by atoms with E-state index < -0.39 is 0 Å². The molecule has 0 N–H and O–H groups in total. The number of hydrogen-bond acceptors (Lipinski definition) is 2. The van der Waals surface area contributed by atoms with Crippen LogP contribution in [0.4, 0.5) is 0 Å². The van der Waals surface area contributed by atoms with Gasteiger partial charge in [-0.15, -0.1) is 11.8 Å². The van der Waals surface area contributed by atoms with Gasteiger partial charge in [0.2, 0.25) is 0 Å². The molecular weight excluding hydrogens is 166 g/mol. The zero-order valence-corrected chi connectivity index (χ0v) is 7.64. The Balaban J connectivity index is 2.67. The maximum absolute atomic E-state index is 4.06. The van der Waals surface area contributed by atoms with E-state index in [0.717, 1.165) is 0 Å². The Kier molecular flexibility index (Phi) is 2.00. The molecule has 60 valence electrons. The molecule has 0 bridgehead atoms. The zero-order chi connectivity index (χ0) is 8.39. The van der Waals surface area contributed by atoms with Crippen molar-refractivity contribution in [2.45, 2.75) is 4.90 Å². The van der Waals surface area contributed by atoms with Crippen molar-refractivity contribution in [1.82, 2.24) is 4.98 Å². The number of nitrogens with zero attached hydrogens (tertiary/aromatic N) is 1. The predicted octanol–water partition coefficient (Wildman–Crippen LogP) is 2.96. The van der Waals surface area contributed by atoms with E-state index in [9.17, 15) is 0 Å². The standard InChI is InChI=1S/C10H9NS/c1-12-10-3-2-9-7-11-5-4-8(9)6-10/h2-7H,1H3. The highest BCUT2D eigenvalue weighted by Crippen LogP contribution is 2.20. The van der Waals surface area contributed by atoms with Crippen LogP contribution in [-0.4, -0.2) is 11.2 Å². The minimum Gasteiger partial charge on any atom is -0.264 e. The maximum Gasteiger partial charge on any atom is 0.0346 e. The number of hydrogen-bond donors (Lipinski definition) is 0. The van der Waals surface area contributed by atoms with Gasteiger partial charge in [0.15, 0.2) is 0 Å². The maximum atomic E-state index is 4.06. The van der Waals surface area contributed by atoms with Gasteiger partial charge in [-0.25, -0.2) is 0 Å². The molecule has 0 spiro atoms. The van der Waals surface area contributed by atoms with E-state index in [0.29, 0.717) is 0 Å². The van der Waals surface area contributed by atoms with Crippen LogP contribution in [0.2, 0.25) is 0 Å². The molecule has 1 aromatic carbocycles. The Labute approximate surface area is 75.8 Å². The first-order chi connectivity index (χ1) is 5.90. The molecule has 0 aliphatic rings. The monoisotopic (exact) mass is 175 g/mol. The summed E-state index contributed by atoms with van der Waals surface area (Å²) in [4.78, 5) is 5.36. The number of fused-ring (bicyclic) bond motifs is 1. The SMILES string of the molecule is CSc1ccc2cnccc2c1. The van der Waals surface area contributed by atoms with Gasteiger partial charge in [0.1, 0.15) is 0 Å². The molecule has 0 fully saturated rings. The molecule has 0 aliphatic carbocycles. The van der Waals surface area contributed by atoms with E-state index in [4.69, 9.17) is 0 Å². The largest absolute Gasteiger partial charge is 0.264 e. The Hall–Kier alpha value is -1.02. The lowest BCUT2D eigenvalue weighted by Crippen LogP contribution is -1.75. The van der Waals surface area contributed by atoms with E-state index in [1.807, 2.05) is 18.5 Å². The molecule has 2 heteroatoms. The number of benzene rings is 1. The summed E-state index contributed by atoms with van der Waals surface area (Å²) < 4.78 is 0. The van der Waals surface area contributed by atoms with E-state index in [-0.39, 0.29) is 0 Å². The van der Waals surface area contributed by atoms with Crippen molar-refractivity contribution in [3.05, 3.63) is 36.7 Å². The summed E-state index contributed by atoms with van der Waals surface area (Å²) in [5.41, 5.74) is 0. The van der Waals surface area contributed by atoms with E-state index >= 15 is 0 Å². The van der Waals surface area contributed by atoms with Crippen LogP contribution < -0.4 is 0 Å². The smallest absolute Gasteiger partial charge is 0.0346 e. The third-order valence-electron chi connectivity index (χ3n) is 1.85. The fourth-order valence-electron chi connectivity index (χ4n) is 1.19. The summed E-state index contributed by atoms with van der Waals surface area (Å²) in [6.45, 7) is 0. The quantitative estimate of drug-likeness (QED) is 0.618. The molecule has 1 heterocycles. The molecule has 0 saturated carbocycles. The summed E-state index contributed by atoms with van der Waals surface area (Å²) in [5.74, 6) is 0. The average molecular weight is 175 g/mol. The van der Waals surface area contributed by atoms with Crippen LogP contribution in [0.1, 0.15) is 0 Å². The summed E-state index contributed by atoms with van der Waals surface area (Å²) in [6, 6.07) is 8.44. The van der Waals surface area contributed by atoms with Gasteiger partial charge < -0.3 is 0 Å². The molecule has 2 rings (SSSR count). The molecule has 12 heavy (non-hydrogen) atoms. The third kappa shape index (κ3) is 1.30. The van der Waals surface area contributed by atoms with Crippen molar-refractivity contribution >= 4 is 22.5 Å². The normalized spacial score (nSPS) is 10.4. The molecule has 2 aromatic rings. The lowest BCUT2D eigenvalue weighted by molar-refractivity contribution is 1.36. The van der Waals surface area contributed by atoms with Gasteiger partial charge in [0.25, 0.3) is 0 Å². The van der Waals surface area contributed by atoms with Crippen LogP contribution in [0.5, 0.6) is 0 Å². The van der Waals surface area contributed by atoms with Crippen molar-refractivity contribution in [2.75, 3.05) is 6.26 Å². The fourth-order valence-corrected chi connectivity index (χ4v) is 1.64. The van der Waals surface area contributed by atoms with Crippen LogP contribution in [-0.2, 0) is 0 Å². The van der Waals surface area contributed by atoms with Gasteiger partial charge in [-0.3, -0.25) is 4.98 Å². The molecule has 0 unspecified atom stereocenters. The summed E-state index contributed by atoms with van der Waals surface area (Å²) in [5, 5.41) is 2.46. The van der Waals surface area contributed by atoms with Crippen molar-refractivity contribution < 1.29 is 0 Å². The molecule has 0 aliphatic heterocycles. The van der Waals surface area contributed by atoms with Gasteiger partial charge in [-0.2, -0.15) is 0 Å². The fraction of sp³-hybridized carbons (Fsp3) is 0.100. The topological polar surface area (TPSA) is 12.9 Å². The van der Waals surface area contributed by atoms with Crippen LogP contribution in [0.25, 0.3) is 10.8 Å². The minimum absolute atomic E-state index is 1.20. The number of thioether (sulfide) groups is 1. The van der Waals surface area contributed by atoms with Gasteiger partial charge in [-0.1, -0.05) is 6.07 Å². The predicted molar refractivity (Wildman–Crippen MR) is 53.5 cm³/mol. The van der Waals surface area contributed by atoms with Gasteiger partial charge in [0, 0.05) is 22.7 Å². The summed E-state index contributed by atoms with van der Waals surface area (Å²) >= 11 is 1.76. The first-order valence-electron chi connectivity index (χ1n) is 3.78. The highest BCUT2D eigenvalue weighted by molar-refractivity contribution is 7.98. The second-order valence-electron chi connectivity index (χ2n) is 2.59. The molecule has 0 amide bonds. The Morgan fingerprint density at radius 1 is 1.17 bits per heavy atom. The highest BCUT2D eigenvalue weighted by atomic mass is 32.2. The second kappa shape index (κ2) is 3.15. The van der Waals surface area contributed by atoms with Gasteiger partial charge in [-0.05, 0) is 29.8 Å². The Bertz CT molecular complexity index is 398. The molecule has 1 aromatic heterocycles. The lowest BCUT2D eigenvalue weighted by Gasteiger charge is -1.98. The Morgan fingerprint density at radius 3 is 2.92 bits per heavy atom. The number of rotatable bonds is 1. The van der Waals surface area contributed by atoms with E-state index in [1.54, 1.807) is 11.8 Å². The van der Waals surface area contributed by atoms with Crippen LogP contribution in [0.15, 0.2) is 41.6 Å². The Morgan fingerprint density at radius 2 is 2.08 bits per heavy atom. The van der Waals surface area contributed by atoms with Crippen LogP contribution >= 0.6 is 11.8 Å². The molecule has 1 nitrogen and oxygen atoms in total. The summed E-state index contributed by atoms with van der Waals surface area (Å²) in [7, 11) is 0. The van der Waals surface area contributed by atoms with Crippen molar-refractivity contribution in [3.8, 4) is 0 Å². The zero-order valence-electron chi connectivity index (χ0n) is 6.82. The average Bonchev–Trinajstić information content (AvgIpc) is 2.17. The lowest BCUT2D eigenvalue weighted by atomic mass is 10.2. The number of pyridine rings is 1. The van der Waals surface area contributed by atoms with E-state index in [2.05, 4.69) is 29.4 Å². The first-order valence-corrected chi connectivity index (χ1v) is 5.00. The second-order valence-corrected chi connectivity index (χ2v) is 3.47. The van der Waals surface area contributed by atoms with Crippen LogP contribution in [0, 0.1) is 0 Å². The minimum atomic E-state index is 1.20. The first kappa shape index (κ1) is 7.62.